The third kappa shape index (κ3) is 3.40. The van der Waals surface area contributed by atoms with Gasteiger partial charge in [0.05, 0.1) is 7.11 Å². The Hall–Kier alpha value is -3.21. The highest BCUT2D eigenvalue weighted by molar-refractivity contribution is 5.90. The number of rotatable bonds is 4. The minimum Gasteiger partial charge on any atom is -0.507 e. The van der Waals surface area contributed by atoms with Crippen LogP contribution in [0.2, 0.25) is 0 Å². The Labute approximate surface area is 157 Å². The molecule has 2 N–H and O–H groups in total. The van der Waals surface area contributed by atoms with E-state index in [1.165, 1.54) is 13.2 Å². The monoisotopic (exact) mass is 366 g/mol. The van der Waals surface area contributed by atoms with Gasteiger partial charge in [0.2, 0.25) is 11.2 Å². The molecule has 0 aliphatic carbocycles. The molecule has 27 heavy (non-hydrogen) atoms. The fourth-order valence-electron chi connectivity index (χ4n) is 2.93. The van der Waals surface area contributed by atoms with Crippen molar-refractivity contribution in [2.75, 3.05) is 7.11 Å². The number of ether oxygens (including phenoxy) is 1. The zero-order valence-electron chi connectivity index (χ0n) is 15.8. The number of benzene rings is 2. The number of hydrogen-bond donors (Lipinski definition) is 2. The standard InChI is InChI=1S/C22H22O5/c1-12(2)5-10-15-16(23)11-17-18(19(15)24)20(25)22(26-4)21(27-17)14-8-6-13(3)7-9-14/h5-9,11,23-24H,10H2,1-4H3. The Morgan fingerprint density at radius 2 is 1.85 bits per heavy atom. The first kappa shape index (κ1) is 18.6. The summed E-state index contributed by atoms with van der Waals surface area (Å²) in [5.41, 5.74) is 2.68. The molecular formula is C22H22O5. The van der Waals surface area contributed by atoms with E-state index in [1.807, 2.05) is 51.1 Å². The normalized spacial score (nSPS) is 10.8. The number of fused-ring (bicyclic) bond motifs is 1. The summed E-state index contributed by atoms with van der Waals surface area (Å²) in [4.78, 5) is 13.0. The van der Waals surface area contributed by atoms with E-state index < -0.39 is 5.43 Å². The molecule has 3 rings (SSSR count). The summed E-state index contributed by atoms with van der Waals surface area (Å²) in [6.07, 6.45) is 2.16. The smallest absolute Gasteiger partial charge is 0.239 e. The highest BCUT2D eigenvalue weighted by Crippen LogP contribution is 2.39. The Morgan fingerprint density at radius 3 is 2.44 bits per heavy atom. The third-order valence-electron chi connectivity index (χ3n) is 4.43. The number of phenols is 2. The summed E-state index contributed by atoms with van der Waals surface area (Å²) in [7, 11) is 1.39. The van der Waals surface area contributed by atoms with Crippen LogP contribution in [0.15, 0.2) is 51.2 Å². The van der Waals surface area contributed by atoms with Crippen LogP contribution in [0, 0.1) is 6.92 Å². The van der Waals surface area contributed by atoms with E-state index in [2.05, 4.69) is 0 Å². The van der Waals surface area contributed by atoms with Gasteiger partial charge in [0.1, 0.15) is 22.5 Å². The zero-order valence-corrected chi connectivity index (χ0v) is 15.8. The van der Waals surface area contributed by atoms with Crippen molar-refractivity contribution in [1.82, 2.24) is 0 Å². The summed E-state index contributed by atoms with van der Waals surface area (Å²) in [6.45, 7) is 5.79. The predicted octanol–water partition coefficient (Wildman–Crippen LogP) is 4.70. The Bertz CT molecular complexity index is 1080. The minimum atomic E-state index is -0.481. The molecule has 0 unspecified atom stereocenters. The van der Waals surface area contributed by atoms with E-state index in [4.69, 9.17) is 9.15 Å². The second-order valence-electron chi connectivity index (χ2n) is 6.74. The van der Waals surface area contributed by atoms with Crippen LogP contribution in [-0.2, 0) is 6.42 Å². The van der Waals surface area contributed by atoms with Crippen LogP contribution in [-0.4, -0.2) is 17.3 Å². The van der Waals surface area contributed by atoms with Gasteiger partial charge in [0.15, 0.2) is 5.76 Å². The zero-order chi connectivity index (χ0) is 19.7. The Kier molecular flexibility index (Phi) is 4.95. The molecule has 5 nitrogen and oxygen atoms in total. The average molecular weight is 366 g/mol. The van der Waals surface area contributed by atoms with Crippen molar-refractivity contribution >= 4 is 11.0 Å². The van der Waals surface area contributed by atoms with Gasteiger partial charge in [-0.3, -0.25) is 4.79 Å². The van der Waals surface area contributed by atoms with Crippen molar-refractivity contribution in [3.05, 3.63) is 63.3 Å². The van der Waals surface area contributed by atoms with Crippen LogP contribution in [0.25, 0.3) is 22.3 Å². The lowest BCUT2D eigenvalue weighted by Crippen LogP contribution is -2.08. The quantitative estimate of drug-likeness (QED) is 0.655. The van der Waals surface area contributed by atoms with Crippen molar-refractivity contribution in [1.29, 1.82) is 0 Å². The molecule has 1 heterocycles. The van der Waals surface area contributed by atoms with Gasteiger partial charge >= 0.3 is 0 Å². The summed E-state index contributed by atoms with van der Waals surface area (Å²) >= 11 is 0. The lowest BCUT2D eigenvalue weighted by atomic mass is 10.0. The fourth-order valence-corrected chi connectivity index (χ4v) is 2.93. The molecule has 0 spiro atoms. The number of allylic oxidation sites excluding steroid dienone is 2. The topological polar surface area (TPSA) is 79.9 Å². The van der Waals surface area contributed by atoms with Crippen molar-refractivity contribution in [3.63, 3.8) is 0 Å². The first-order valence-corrected chi connectivity index (χ1v) is 8.62. The van der Waals surface area contributed by atoms with E-state index in [-0.39, 0.29) is 39.5 Å². The van der Waals surface area contributed by atoms with Crippen LogP contribution in [0.5, 0.6) is 17.2 Å². The fraction of sp³-hybridized carbons (Fsp3) is 0.227. The van der Waals surface area contributed by atoms with E-state index in [0.29, 0.717) is 12.0 Å². The second kappa shape index (κ2) is 7.19. The van der Waals surface area contributed by atoms with Gasteiger partial charge < -0.3 is 19.4 Å². The van der Waals surface area contributed by atoms with Gasteiger partial charge in [-0.1, -0.05) is 41.5 Å². The van der Waals surface area contributed by atoms with Gasteiger partial charge in [0.25, 0.3) is 0 Å². The van der Waals surface area contributed by atoms with E-state index in [1.54, 1.807) is 0 Å². The second-order valence-corrected chi connectivity index (χ2v) is 6.74. The van der Waals surface area contributed by atoms with Gasteiger partial charge in [-0.15, -0.1) is 0 Å². The van der Waals surface area contributed by atoms with Gasteiger partial charge in [0, 0.05) is 17.2 Å². The van der Waals surface area contributed by atoms with Crippen LogP contribution in [0.3, 0.4) is 0 Å². The maximum absolute atomic E-state index is 13.0. The van der Waals surface area contributed by atoms with Crippen LogP contribution in [0.1, 0.15) is 25.0 Å². The number of methoxy groups -OCH3 is 1. The van der Waals surface area contributed by atoms with Crippen molar-refractivity contribution in [2.45, 2.75) is 27.2 Å². The lowest BCUT2D eigenvalue weighted by molar-refractivity contribution is 0.396. The number of aromatic hydroxyl groups is 2. The summed E-state index contributed by atoms with van der Waals surface area (Å²) in [6, 6.07) is 8.81. The molecule has 0 radical (unpaired) electrons. The first-order valence-electron chi connectivity index (χ1n) is 8.62. The maximum Gasteiger partial charge on any atom is 0.239 e. The molecular weight excluding hydrogens is 344 g/mol. The van der Waals surface area contributed by atoms with Crippen LogP contribution < -0.4 is 10.2 Å². The number of phenolic OH excluding ortho intramolecular Hbond substituents is 2. The molecule has 3 aromatic rings. The highest BCUT2D eigenvalue weighted by atomic mass is 16.5. The molecule has 140 valence electrons. The van der Waals surface area contributed by atoms with E-state index in [9.17, 15) is 15.0 Å². The molecule has 0 atom stereocenters. The van der Waals surface area contributed by atoms with Crippen molar-refractivity contribution in [2.24, 2.45) is 0 Å². The average Bonchev–Trinajstić information content (AvgIpc) is 2.61. The Balaban J connectivity index is 2.31. The number of hydrogen-bond acceptors (Lipinski definition) is 5. The molecule has 2 aromatic carbocycles. The van der Waals surface area contributed by atoms with Crippen molar-refractivity contribution in [3.8, 4) is 28.6 Å². The van der Waals surface area contributed by atoms with Crippen molar-refractivity contribution < 1.29 is 19.4 Å². The van der Waals surface area contributed by atoms with E-state index >= 15 is 0 Å². The molecule has 0 fully saturated rings. The first-order chi connectivity index (χ1) is 12.8. The molecule has 0 amide bonds. The highest BCUT2D eigenvalue weighted by Gasteiger charge is 2.22. The molecule has 5 heteroatoms. The summed E-state index contributed by atoms with van der Waals surface area (Å²) in [5, 5.41) is 21.0. The van der Waals surface area contributed by atoms with E-state index in [0.717, 1.165) is 11.1 Å². The molecule has 0 aliphatic rings. The molecule has 0 saturated heterocycles. The number of aryl methyl sites for hydroxylation is 1. The lowest BCUT2D eigenvalue weighted by Gasteiger charge is -2.13. The van der Waals surface area contributed by atoms with Crippen LogP contribution in [0.4, 0.5) is 0 Å². The molecule has 1 aromatic heterocycles. The third-order valence-corrected chi connectivity index (χ3v) is 4.43. The summed E-state index contributed by atoms with van der Waals surface area (Å²) in [5.74, 6) is -0.142. The SMILES string of the molecule is COc1c(-c2ccc(C)cc2)oc2cc(O)c(CC=C(C)C)c(O)c2c1=O. The largest absolute Gasteiger partial charge is 0.507 e. The van der Waals surface area contributed by atoms with Gasteiger partial charge in [-0.25, -0.2) is 0 Å². The molecule has 0 bridgehead atoms. The summed E-state index contributed by atoms with van der Waals surface area (Å²) < 4.78 is 11.2. The molecule has 0 saturated carbocycles. The minimum absolute atomic E-state index is 0.00216. The maximum atomic E-state index is 13.0. The van der Waals surface area contributed by atoms with Gasteiger partial charge in [-0.2, -0.15) is 0 Å². The Morgan fingerprint density at radius 1 is 1.19 bits per heavy atom. The molecule has 0 aliphatic heterocycles. The predicted molar refractivity (Wildman–Crippen MR) is 106 cm³/mol. The van der Waals surface area contributed by atoms with Gasteiger partial charge in [-0.05, 0) is 27.2 Å². The van der Waals surface area contributed by atoms with Crippen LogP contribution >= 0.6 is 0 Å².